The van der Waals surface area contributed by atoms with Crippen LogP contribution in [0, 0.1) is 5.41 Å². The Bertz CT molecular complexity index is 1250. The molecule has 4 N–H and O–H groups in total. The Morgan fingerprint density at radius 1 is 1.14 bits per heavy atom. The number of benzene rings is 2. The molecule has 0 unspecified atom stereocenters. The number of amidine groups is 1. The highest BCUT2D eigenvalue weighted by molar-refractivity contribution is 6.08. The van der Waals surface area contributed by atoms with Crippen molar-refractivity contribution in [2.45, 2.75) is 32.7 Å². The first-order chi connectivity index (χ1) is 16.1. The molecular weight excluding hydrogens is 472 g/mol. The van der Waals surface area contributed by atoms with Crippen LogP contribution in [0.3, 0.4) is 0 Å². The summed E-state index contributed by atoms with van der Waals surface area (Å²) in [7, 11) is 1.83. The van der Waals surface area contributed by atoms with Crippen molar-refractivity contribution in [3.05, 3.63) is 65.4 Å². The van der Waals surface area contributed by atoms with Gasteiger partial charge in [-0.15, -0.1) is 12.4 Å². The fourth-order valence-corrected chi connectivity index (χ4v) is 3.66. The van der Waals surface area contributed by atoms with E-state index in [9.17, 15) is 14.4 Å². The second kappa shape index (κ2) is 11.5. The van der Waals surface area contributed by atoms with Crippen LogP contribution in [-0.2, 0) is 18.3 Å². The molecule has 0 aliphatic carbocycles. The molecule has 3 aromatic rings. The first kappa shape index (κ1) is 27.4. The summed E-state index contributed by atoms with van der Waals surface area (Å²) >= 11 is 0. The van der Waals surface area contributed by atoms with E-state index >= 15 is 0 Å². The predicted octanol–water partition coefficient (Wildman–Crippen LogP) is 3.99. The minimum absolute atomic E-state index is 0. The molecule has 0 saturated carbocycles. The van der Waals surface area contributed by atoms with Crippen molar-refractivity contribution >= 4 is 47.0 Å². The van der Waals surface area contributed by atoms with Crippen molar-refractivity contribution in [2.75, 3.05) is 6.54 Å². The number of carboxylic acid groups (broad SMARTS) is 1. The van der Waals surface area contributed by atoms with Gasteiger partial charge in [-0.05, 0) is 44.0 Å². The number of carbonyl (C=O) groups excluding carboxylic acids is 2. The quantitative estimate of drug-likeness (QED) is 0.230. The van der Waals surface area contributed by atoms with E-state index in [1.54, 1.807) is 50.4 Å². The zero-order chi connectivity index (χ0) is 25.0. The largest absolute Gasteiger partial charge is 0.480 e. The molecule has 0 radical (unpaired) electrons. The molecular formula is C25H29ClN4O5. The molecule has 0 fully saturated rings. The van der Waals surface area contributed by atoms with Gasteiger partial charge in [-0.3, -0.25) is 19.9 Å². The first-order valence-electron chi connectivity index (χ1n) is 10.8. The molecule has 10 heteroatoms. The molecule has 1 heterocycles. The van der Waals surface area contributed by atoms with Crippen LogP contribution in [0.2, 0.25) is 0 Å². The monoisotopic (exact) mass is 500 g/mol. The van der Waals surface area contributed by atoms with E-state index in [1.807, 2.05) is 23.7 Å². The Morgan fingerprint density at radius 3 is 2.37 bits per heavy atom. The van der Waals surface area contributed by atoms with E-state index in [4.69, 9.17) is 21.0 Å². The van der Waals surface area contributed by atoms with E-state index in [-0.39, 0.29) is 42.2 Å². The van der Waals surface area contributed by atoms with Crippen molar-refractivity contribution < 1.29 is 24.2 Å². The van der Waals surface area contributed by atoms with Gasteiger partial charge in [0.05, 0.1) is 0 Å². The van der Waals surface area contributed by atoms with Crippen LogP contribution in [-0.4, -0.2) is 50.8 Å². The van der Waals surface area contributed by atoms with Crippen LogP contribution in [0.5, 0.6) is 5.75 Å². The Labute approximate surface area is 209 Å². The number of hydrogen-bond donors (Lipinski definition) is 3. The third-order valence-electron chi connectivity index (χ3n) is 5.54. The van der Waals surface area contributed by atoms with Gasteiger partial charge >= 0.3 is 12.1 Å². The number of nitrogens with two attached hydrogens (primary N) is 1. The van der Waals surface area contributed by atoms with Gasteiger partial charge in [-0.1, -0.05) is 24.3 Å². The number of nitrogens with one attached hydrogen (secondary N) is 1. The third kappa shape index (κ3) is 6.60. The number of aryl methyl sites for hydroxylation is 2. The molecule has 1 amide bonds. The summed E-state index contributed by atoms with van der Waals surface area (Å²) in [5, 5.41) is 17.2. The smallest absolute Gasteiger partial charge is 0.415 e. The highest BCUT2D eigenvalue weighted by atomic mass is 35.5. The van der Waals surface area contributed by atoms with Crippen molar-refractivity contribution in [3.8, 4) is 5.75 Å². The van der Waals surface area contributed by atoms with Crippen molar-refractivity contribution in [2.24, 2.45) is 12.8 Å². The number of ketones is 1. The van der Waals surface area contributed by atoms with Crippen molar-refractivity contribution in [1.82, 2.24) is 9.47 Å². The summed E-state index contributed by atoms with van der Waals surface area (Å²) in [6.07, 6.45) is 1.79. The zero-order valence-corrected chi connectivity index (χ0v) is 20.6. The fourth-order valence-electron chi connectivity index (χ4n) is 3.66. The summed E-state index contributed by atoms with van der Waals surface area (Å²) in [5.74, 6) is -0.963. The lowest BCUT2D eigenvalue weighted by Gasteiger charge is -2.23. The minimum atomic E-state index is -1.13. The highest BCUT2D eigenvalue weighted by Crippen LogP contribution is 2.27. The van der Waals surface area contributed by atoms with Crippen LogP contribution in [0.15, 0.2) is 48.7 Å². The molecule has 9 nitrogen and oxygen atoms in total. The van der Waals surface area contributed by atoms with E-state index in [2.05, 4.69) is 0 Å². The maximum absolute atomic E-state index is 13.0. The Morgan fingerprint density at radius 2 is 1.80 bits per heavy atom. The molecule has 0 bridgehead atoms. The predicted molar refractivity (Wildman–Crippen MR) is 136 cm³/mol. The Hall–Kier alpha value is -3.85. The fraction of sp³-hybridized carbons (Fsp3) is 0.280. The molecule has 2 aromatic carbocycles. The number of aliphatic carboxylic acids is 1. The Balaban J connectivity index is 0.00000432. The lowest BCUT2D eigenvalue weighted by Crippen LogP contribution is -2.42. The second-order valence-corrected chi connectivity index (χ2v) is 8.35. The highest BCUT2D eigenvalue weighted by Gasteiger charge is 2.22. The van der Waals surface area contributed by atoms with Crippen LogP contribution in [0.4, 0.5) is 4.79 Å². The molecule has 1 aromatic heterocycles. The number of nitrogens with zero attached hydrogens (tertiary/aromatic N) is 2. The van der Waals surface area contributed by atoms with Crippen molar-refractivity contribution in [1.29, 1.82) is 5.41 Å². The number of carbonyl (C=O) groups is 3. The van der Waals surface area contributed by atoms with Gasteiger partial charge in [0, 0.05) is 47.7 Å². The van der Waals surface area contributed by atoms with Gasteiger partial charge in [-0.25, -0.2) is 4.79 Å². The first-order valence-corrected chi connectivity index (χ1v) is 10.8. The lowest BCUT2D eigenvalue weighted by atomic mass is 10.0. The van der Waals surface area contributed by atoms with Crippen LogP contribution < -0.4 is 10.5 Å². The number of ether oxygens (including phenoxy) is 1. The molecule has 3 rings (SSSR count). The molecule has 0 aliphatic heterocycles. The number of Topliss-reactive ketones (excluding diaryl/α,β-unsaturated/α-hetero) is 1. The number of aromatic nitrogens is 1. The number of rotatable bonds is 9. The molecule has 0 aliphatic rings. The Kier molecular flexibility index (Phi) is 9.02. The summed E-state index contributed by atoms with van der Waals surface area (Å²) < 4.78 is 7.26. The van der Waals surface area contributed by atoms with Gasteiger partial charge in [-0.2, -0.15) is 0 Å². The average molecular weight is 501 g/mol. The minimum Gasteiger partial charge on any atom is -0.480 e. The van der Waals surface area contributed by atoms with Gasteiger partial charge in [0.15, 0.2) is 5.78 Å². The zero-order valence-electron chi connectivity index (χ0n) is 19.8. The molecule has 35 heavy (non-hydrogen) atoms. The maximum atomic E-state index is 13.0. The normalized spacial score (nSPS) is 10.6. The van der Waals surface area contributed by atoms with Crippen LogP contribution >= 0.6 is 12.4 Å². The van der Waals surface area contributed by atoms with E-state index in [0.717, 1.165) is 16.0 Å². The van der Waals surface area contributed by atoms with Crippen LogP contribution in [0.25, 0.3) is 10.9 Å². The van der Waals surface area contributed by atoms with E-state index in [1.165, 1.54) is 0 Å². The molecule has 186 valence electrons. The number of nitrogen functional groups attached to an aromatic ring is 1. The van der Waals surface area contributed by atoms with Crippen LogP contribution in [0.1, 0.15) is 41.8 Å². The summed E-state index contributed by atoms with van der Waals surface area (Å²) in [5.41, 5.74) is 8.39. The number of fused-ring (bicyclic) bond motifs is 1. The second-order valence-electron chi connectivity index (χ2n) is 8.35. The topological polar surface area (TPSA) is 139 Å². The van der Waals surface area contributed by atoms with Gasteiger partial charge in [0.2, 0.25) is 0 Å². The van der Waals surface area contributed by atoms with Gasteiger partial charge < -0.3 is 20.1 Å². The number of halogens is 1. The number of hydrogen-bond acceptors (Lipinski definition) is 5. The van der Waals surface area contributed by atoms with Gasteiger partial charge in [0.25, 0.3) is 0 Å². The average Bonchev–Trinajstić information content (AvgIpc) is 3.11. The summed E-state index contributed by atoms with van der Waals surface area (Å²) in [4.78, 5) is 37.7. The SMILES string of the molecule is CC(C)N(CC(=O)O)C(=O)Oc1ccc2c(c1)c(C(=O)CCc1ccc(C(=N)N)cc1)cn2C.Cl. The third-order valence-corrected chi connectivity index (χ3v) is 5.54. The van der Waals surface area contributed by atoms with Crippen molar-refractivity contribution in [3.63, 3.8) is 0 Å². The number of amides is 1. The summed E-state index contributed by atoms with van der Waals surface area (Å²) in [6.45, 7) is 2.94. The molecule has 0 saturated heterocycles. The van der Waals surface area contributed by atoms with E-state index in [0.29, 0.717) is 22.9 Å². The summed E-state index contributed by atoms with van der Waals surface area (Å²) in [6, 6.07) is 11.9. The molecule has 0 spiro atoms. The molecule has 0 atom stereocenters. The maximum Gasteiger partial charge on any atom is 0.415 e. The lowest BCUT2D eigenvalue weighted by molar-refractivity contribution is -0.138. The van der Waals surface area contributed by atoms with Gasteiger partial charge in [0.1, 0.15) is 18.1 Å². The van der Waals surface area contributed by atoms with E-state index < -0.39 is 18.6 Å². The standard InChI is InChI=1S/C25H28N4O5.ClH/c1-15(2)29(14-23(31)32)25(33)34-18-9-10-21-19(12-18)20(13-28(21)3)22(30)11-6-16-4-7-17(8-5-16)24(26)27;/h4-5,7-10,12-13,15H,6,11,14H2,1-3H3,(H3,26,27)(H,31,32);1H. The number of carboxylic acids is 1.